The van der Waals surface area contributed by atoms with Crippen LogP contribution in [0.4, 0.5) is 0 Å². The lowest BCUT2D eigenvalue weighted by Crippen LogP contribution is -2.01. The summed E-state index contributed by atoms with van der Waals surface area (Å²) >= 11 is 1.79. The van der Waals surface area contributed by atoms with Gasteiger partial charge in [-0.25, -0.2) is 15.0 Å². The Balaban J connectivity index is 1.25. The van der Waals surface area contributed by atoms with Crippen molar-refractivity contribution in [1.82, 2.24) is 15.0 Å². The number of rotatable bonds is 6. The summed E-state index contributed by atoms with van der Waals surface area (Å²) in [6, 6.07) is 66.3. The SMILES string of the molecule is c1ccc(-c2nc(-c3ccccc3-c3c(-c4ccccc4-c4ccccc4)ccc4ccccc34)nc(-c3cccc4c3sc3ccccc34)n2)cc1. The topological polar surface area (TPSA) is 38.7 Å². The van der Waals surface area contributed by atoms with E-state index < -0.39 is 0 Å². The van der Waals surface area contributed by atoms with Crippen molar-refractivity contribution in [2.24, 2.45) is 0 Å². The molecule has 2 aromatic heterocycles. The summed E-state index contributed by atoms with van der Waals surface area (Å²) in [5.41, 5.74) is 9.82. The highest BCUT2D eigenvalue weighted by Gasteiger charge is 2.22. The van der Waals surface area contributed by atoms with E-state index in [2.05, 4.69) is 170 Å². The maximum Gasteiger partial charge on any atom is 0.165 e. The molecule has 0 N–H and O–H groups in total. The first-order valence-electron chi connectivity index (χ1n) is 17.8. The summed E-state index contributed by atoms with van der Waals surface area (Å²) in [6.45, 7) is 0. The van der Waals surface area contributed by atoms with Gasteiger partial charge in [-0.1, -0.05) is 176 Å². The first-order valence-corrected chi connectivity index (χ1v) is 18.6. The van der Waals surface area contributed by atoms with Crippen LogP contribution in [0.25, 0.3) is 98.5 Å². The van der Waals surface area contributed by atoms with Crippen molar-refractivity contribution >= 4 is 42.3 Å². The smallest absolute Gasteiger partial charge is 0.165 e. The molecule has 0 spiro atoms. The number of aromatic nitrogens is 3. The van der Waals surface area contributed by atoms with Crippen LogP contribution in [0, 0.1) is 0 Å². The van der Waals surface area contributed by atoms with Gasteiger partial charge in [-0.3, -0.25) is 0 Å². The Kier molecular flexibility index (Phi) is 7.67. The maximum absolute atomic E-state index is 5.34. The monoisotopic (exact) mass is 693 g/mol. The number of nitrogens with zero attached hydrogens (tertiary/aromatic N) is 3. The van der Waals surface area contributed by atoms with Crippen LogP contribution < -0.4 is 0 Å². The maximum atomic E-state index is 5.34. The average molecular weight is 694 g/mol. The van der Waals surface area contributed by atoms with E-state index in [0.717, 1.165) is 33.4 Å². The van der Waals surface area contributed by atoms with Crippen LogP contribution in [-0.2, 0) is 0 Å². The van der Waals surface area contributed by atoms with Crippen molar-refractivity contribution in [1.29, 1.82) is 0 Å². The van der Waals surface area contributed by atoms with Crippen LogP contribution in [0.3, 0.4) is 0 Å². The fraction of sp³-hybridized carbons (Fsp3) is 0. The molecular formula is C49H31N3S. The zero-order valence-electron chi connectivity index (χ0n) is 28.6. The van der Waals surface area contributed by atoms with Crippen LogP contribution in [-0.4, -0.2) is 15.0 Å². The Morgan fingerprint density at radius 1 is 0.302 bits per heavy atom. The third kappa shape index (κ3) is 5.48. The zero-order valence-corrected chi connectivity index (χ0v) is 29.5. The van der Waals surface area contributed by atoms with Crippen LogP contribution in [0.5, 0.6) is 0 Å². The summed E-state index contributed by atoms with van der Waals surface area (Å²) in [4.78, 5) is 15.7. The normalized spacial score (nSPS) is 11.4. The van der Waals surface area contributed by atoms with E-state index in [0.29, 0.717) is 17.5 Å². The molecule has 0 aliphatic carbocycles. The van der Waals surface area contributed by atoms with Gasteiger partial charge in [0.25, 0.3) is 0 Å². The summed E-state index contributed by atoms with van der Waals surface area (Å²) < 4.78 is 2.42. The quantitative estimate of drug-likeness (QED) is 0.174. The van der Waals surface area contributed by atoms with Crippen LogP contribution in [0.2, 0.25) is 0 Å². The van der Waals surface area contributed by atoms with Gasteiger partial charge in [0.2, 0.25) is 0 Å². The van der Waals surface area contributed by atoms with E-state index in [4.69, 9.17) is 15.0 Å². The fourth-order valence-corrected chi connectivity index (χ4v) is 8.74. The molecule has 0 fully saturated rings. The lowest BCUT2D eigenvalue weighted by atomic mass is 9.85. The Bertz CT molecular complexity index is 2950. The van der Waals surface area contributed by atoms with Crippen molar-refractivity contribution < 1.29 is 0 Å². The summed E-state index contributed by atoms with van der Waals surface area (Å²) in [5.74, 6) is 1.94. The summed E-state index contributed by atoms with van der Waals surface area (Å²) in [5, 5.41) is 4.81. The molecule has 8 aromatic carbocycles. The molecule has 10 aromatic rings. The molecule has 4 heteroatoms. The van der Waals surface area contributed by atoms with Gasteiger partial charge in [-0.05, 0) is 56.3 Å². The van der Waals surface area contributed by atoms with Gasteiger partial charge < -0.3 is 0 Å². The molecule has 0 aliphatic rings. The molecule has 3 nitrogen and oxygen atoms in total. The second kappa shape index (κ2) is 13.1. The Morgan fingerprint density at radius 2 is 0.849 bits per heavy atom. The number of benzene rings is 8. The van der Waals surface area contributed by atoms with E-state index in [1.54, 1.807) is 11.3 Å². The fourth-order valence-electron chi connectivity index (χ4n) is 7.53. The second-order valence-corrected chi connectivity index (χ2v) is 14.2. The second-order valence-electron chi connectivity index (χ2n) is 13.1. The molecule has 248 valence electrons. The highest BCUT2D eigenvalue weighted by molar-refractivity contribution is 7.26. The molecule has 0 aliphatic heterocycles. The molecule has 0 radical (unpaired) electrons. The largest absolute Gasteiger partial charge is 0.208 e. The van der Waals surface area contributed by atoms with Gasteiger partial charge in [0, 0.05) is 36.9 Å². The molecule has 0 saturated heterocycles. The molecule has 0 saturated carbocycles. The summed E-state index contributed by atoms with van der Waals surface area (Å²) in [7, 11) is 0. The minimum absolute atomic E-state index is 0.637. The molecular weight excluding hydrogens is 663 g/mol. The minimum atomic E-state index is 0.637. The number of hydrogen-bond acceptors (Lipinski definition) is 4. The van der Waals surface area contributed by atoms with E-state index in [1.165, 1.54) is 47.6 Å². The predicted molar refractivity (Wildman–Crippen MR) is 223 cm³/mol. The third-order valence-electron chi connectivity index (χ3n) is 9.98. The molecule has 0 unspecified atom stereocenters. The minimum Gasteiger partial charge on any atom is -0.208 e. The summed E-state index contributed by atoms with van der Waals surface area (Å²) in [6.07, 6.45) is 0. The molecule has 10 rings (SSSR count). The van der Waals surface area contributed by atoms with Gasteiger partial charge in [0.05, 0.1) is 0 Å². The predicted octanol–water partition coefficient (Wildman–Crippen LogP) is 13.4. The van der Waals surface area contributed by atoms with Crippen molar-refractivity contribution in [3.63, 3.8) is 0 Å². The third-order valence-corrected chi connectivity index (χ3v) is 11.2. The standard InChI is InChI=1S/C49H31N3S/c1-3-16-32(17-4-1)35-21-9-10-23-37(35)40-31-30-33-18-7-8-22-36(33)45(40)39-25-11-12-26-42(39)48-50-47(34-19-5-2-6-20-34)51-49(52-48)43-28-15-27-41-38-24-13-14-29-44(38)53-46(41)43/h1-31H. The molecule has 0 atom stereocenters. The van der Waals surface area contributed by atoms with Crippen molar-refractivity contribution in [3.8, 4) is 67.5 Å². The number of hydrogen-bond donors (Lipinski definition) is 0. The van der Waals surface area contributed by atoms with Gasteiger partial charge in [-0.2, -0.15) is 0 Å². The van der Waals surface area contributed by atoms with Crippen molar-refractivity contribution in [2.45, 2.75) is 0 Å². The molecule has 2 heterocycles. The van der Waals surface area contributed by atoms with Gasteiger partial charge in [0.15, 0.2) is 17.5 Å². The van der Waals surface area contributed by atoms with Gasteiger partial charge in [0.1, 0.15) is 0 Å². The molecule has 0 bridgehead atoms. The molecule has 0 amide bonds. The van der Waals surface area contributed by atoms with Crippen LogP contribution in [0.15, 0.2) is 188 Å². The van der Waals surface area contributed by atoms with Gasteiger partial charge in [-0.15, -0.1) is 11.3 Å². The highest BCUT2D eigenvalue weighted by Crippen LogP contribution is 2.45. The lowest BCUT2D eigenvalue weighted by molar-refractivity contribution is 1.08. The van der Waals surface area contributed by atoms with E-state index in [9.17, 15) is 0 Å². The van der Waals surface area contributed by atoms with E-state index >= 15 is 0 Å². The molecule has 53 heavy (non-hydrogen) atoms. The first kappa shape index (κ1) is 31.0. The first-order chi connectivity index (χ1) is 26.3. The average Bonchev–Trinajstić information content (AvgIpc) is 3.63. The van der Waals surface area contributed by atoms with Crippen LogP contribution >= 0.6 is 11.3 Å². The Hall–Kier alpha value is -6.75. The number of thiophene rings is 1. The lowest BCUT2D eigenvalue weighted by Gasteiger charge is -2.19. The zero-order chi connectivity index (χ0) is 35.1. The van der Waals surface area contributed by atoms with Crippen molar-refractivity contribution in [2.75, 3.05) is 0 Å². The Morgan fingerprint density at radius 3 is 1.64 bits per heavy atom. The Labute approximate surface area is 311 Å². The number of fused-ring (bicyclic) bond motifs is 4. The van der Waals surface area contributed by atoms with E-state index in [-0.39, 0.29) is 0 Å². The van der Waals surface area contributed by atoms with Crippen LogP contribution in [0.1, 0.15) is 0 Å². The van der Waals surface area contributed by atoms with E-state index in [1.807, 2.05) is 18.2 Å². The van der Waals surface area contributed by atoms with Gasteiger partial charge >= 0.3 is 0 Å². The van der Waals surface area contributed by atoms with Crippen molar-refractivity contribution in [3.05, 3.63) is 188 Å². The highest BCUT2D eigenvalue weighted by atomic mass is 32.1.